The number of carbonyl (C=O) groups excluding carboxylic acids is 1. The van der Waals surface area contributed by atoms with Gasteiger partial charge in [0, 0.05) is 11.4 Å². The first-order valence-corrected chi connectivity index (χ1v) is 6.12. The van der Waals surface area contributed by atoms with Gasteiger partial charge in [0.05, 0.1) is 13.5 Å². The lowest BCUT2D eigenvalue weighted by molar-refractivity contribution is -0.140. The van der Waals surface area contributed by atoms with Crippen LogP contribution in [0.3, 0.4) is 0 Å². The standard InChI is InChI=1S/C11H13N3O2S/c1-8(7-10(15)16-2)17-11-13-12-9-5-3-4-6-14(9)11/h3-6,8H,7H2,1-2H3. The van der Waals surface area contributed by atoms with E-state index >= 15 is 0 Å². The van der Waals surface area contributed by atoms with E-state index in [9.17, 15) is 4.79 Å². The molecular formula is C11H13N3O2S. The van der Waals surface area contributed by atoms with E-state index in [-0.39, 0.29) is 11.2 Å². The van der Waals surface area contributed by atoms with Gasteiger partial charge < -0.3 is 4.74 Å². The Morgan fingerprint density at radius 3 is 3.12 bits per heavy atom. The number of hydrogen-bond acceptors (Lipinski definition) is 5. The first-order chi connectivity index (χ1) is 8.20. The van der Waals surface area contributed by atoms with Gasteiger partial charge in [-0.1, -0.05) is 24.8 Å². The number of methoxy groups -OCH3 is 1. The Kier molecular flexibility index (Phi) is 3.63. The van der Waals surface area contributed by atoms with Crippen molar-refractivity contribution in [2.45, 2.75) is 23.8 Å². The number of thioether (sulfide) groups is 1. The molecule has 0 saturated heterocycles. The molecule has 2 heterocycles. The van der Waals surface area contributed by atoms with Crippen molar-refractivity contribution in [3.63, 3.8) is 0 Å². The third kappa shape index (κ3) is 2.76. The molecule has 6 heteroatoms. The normalized spacial score (nSPS) is 12.6. The highest BCUT2D eigenvalue weighted by atomic mass is 32.2. The van der Waals surface area contributed by atoms with Gasteiger partial charge >= 0.3 is 5.97 Å². The van der Waals surface area contributed by atoms with E-state index in [4.69, 9.17) is 0 Å². The van der Waals surface area contributed by atoms with Crippen molar-refractivity contribution in [3.05, 3.63) is 24.4 Å². The molecule has 0 saturated carbocycles. The zero-order valence-electron chi connectivity index (χ0n) is 9.66. The van der Waals surface area contributed by atoms with Crippen molar-refractivity contribution in [3.8, 4) is 0 Å². The van der Waals surface area contributed by atoms with Gasteiger partial charge in [0.2, 0.25) is 0 Å². The number of pyridine rings is 1. The van der Waals surface area contributed by atoms with Crippen molar-refractivity contribution in [2.75, 3.05) is 7.11 Å². The topological polar surface area (TPSA) is 56.5 Å². The maximum absolute atomic E-state index is 11.1. The maximum Gasteiger partial charge on any atom is 0.306 e. The molecule has 2 rings (SSSR count). The van der Waals surface area contributed by atoms with Crippen LogP contribution in [-0.4, -0.2) is 32.9 Å². The summed E-state index contributed by atoms with van der Waals surface area (Å²) in [5.41, 5.74) is 0.806. The van der Waals surface area contributed by atoms with E-state index in [1.165, 1.54) is 18.9 Å². The molecular weight excluding hydrogens is 238 g/mol. The molecule has 0 aliphatic heterocycles. The lowest BCUT2D eigenvalue weighted by atomic mass is 10.3. The number of ether oxygens (including phenoxy) is 1. The first kappa shape index (κ1) is 11.9. The predicted octanol–water partition coefficient (Wildman–Crippen LogP) is 1.77. The third-order valence-electron chi connectivity index (χ3n) is 2.27. The van der Waals surface area contributed by atoms with Crippen LogP contribution in [-0.2, 0) is 9.53 Å². The van der Waals surface area contributed by atoms with Crippen LogP contribution in [0.1, 0.15) is 13.3 Å². The lowest BCUT2D eigenvalue weighted by Crippen LogP contribution is -2.09. The molecule has 5 nitrogen and oxygen atoms in total. The van der Waals surface area contributed by atoms with Crippen molar-refractivity contribution < 1.29 is 9.53 Å². The Morgan fingerprint density at radius 1 is 1.53 bits per heavy atom. The van der Waals surface area contributed by atoms with Crippen LogP contribution in [0.5, 0.6) is 0 Å². The Labute approximate surface area is 103 Å². The Morgan fingerprint density at radius 2 is 2.35 bits per heavy atom. The summed E-state index contributed by atoms with van der Waals surface area (Å²) < 4.78 is 6.53. The van der Waals surface area contributed by atoms with E-state index in [1.54, 1.807) is 0 Å². The fourth-order valence-electron chi connectivity index (χ4n) is 1.44. The first-order valence-electron chi connectivity index (χ1n) is 5.24. The number of nitrogens with zero attached hydrogens (tertiary/aromatic N) is 3. The van der Waals surface area contributed by atoms with Crippen LogP contribution < -0.4 is 0 Å². The molecule has 90 valence electrons. The van der Waals surface area contributed by atoms with E-state index in [0.29, 0.717) is 6.42 Å². The van der Waals surface area contributed by atoms with Gasteiger partial charge in [-0.15, -0.1) is 10.2 Å². The van der Waals surface area contributed by atoms with Gasteiger partial charge in [0.1, 0.15) is 0 Å². The van der Waals surface area contributed by atoms with Crippen LogP contribution >= 0.6 is 11.8 Å². The van der Waals surface area contributed by atoms with Crippen molar-refractivity contribution in [2.24, 2.45) is 0 Å². The molecule has 0 spiro atoms. The number of carbonyl (C=O) groups is 1. The summed E-state index contributed by atoms with van der Waals surface area (Å²) in [6.07, 6.45) is 2.27. The highest BCUT2D eigenvalue weighted by Crippen LogP contribution is 2.23. The van der Waals surface area contributed by atoms with Crippen molar-refractivity contribution in [1.82, 2.24) is 14.6 Å². The molecule has 17 heavy (non-hydrogen) atoms. The van der Waals surface area contributed by atoms with Gasteiger partial charge in [-0.25, -0.2) is 0 Å². The predicted molar refractivity (Wildman–Crippen MR) is 64.9 cm³/mol. The van der Waals surface area contributed by atoms with Crippen LogP contribution in [0, 0.1) is 0 Å². The molecule has 1 unspecified atom stereocenters. The highest BCUT2D eigenvalue weighted by molar-refractivity contribution is 7.99. The molecule has 1 atom stereocenters. The van der Waals surface area contributed by atoms with Crippen molar-refractivity contribution >= 4 is 23.4 Å². The summed E-state index contributed by atoms with van der Waals surface area (Å²) in [5, 5.41) is 9.03. The number of rotatable bonds is 4. The molecule has 0 aliphatic rings. The average molecular weight is 251 g/mol. The second-order valence-electron chi connectivity index (χ2n) is 3.62. The van der Waals surface area contributed by atoms with E-state index in [2.05, 4.69) is 14.9 Å². The molecule has 0 N–H and O–H groups in total. The zero-order chi connectivity index (χ0) is 12.3. The average Bonchev–Trinajstić information content (AvgIpc) is 2.72. The molecule has 2 aromatic heterocycles. The summed E-state index contributed by atoms with van der Waals surface area (Å²) >= 11 is 1.51. The molecule has 0 radical (unpaired) electrons. The van der Waals surface area contributed by atoms with Gasteiger partial charge in [-0.05, 0) is 12.1 Å². The van der Waals surface area contributed by atoms with Crippen LogP contribution in [0.15, 0.2) is 29.6 Å². The number of hydrogen-bond donors (Lipinski definition) is 0. The van der Waals surface area contributed by atoms with E-state index in [0.717, 1.165) is 10.8 Å². The third-order valence-corrected chi connectivity index (χ3v) is 3.33. The monoisotopic (exact) mass is 251 g/mol. The number of aromatic nitrogens is 3. The van der Waals surface area contributed by atoms with Crippen molar-refractivity contribution in [1.29, 1.82) is 0 Å². The summed E-state index contributed by atoms with van der Waals surface area (Å²) in [5.74, 6) is -0.209. The van der Waals surface area contributed by atoms with Gasteiger partial charge in [-0.2, -0.15) is 0 Å². The zero-order valence-corrected chi connectivity index (χ0v) is 10.5. The van der Waals surface area contributed by atoms with Crippen LogP contribution in [0.25, 0.3) is 5.65 Å². The number of esters is 1. The second kappa shape index (κ2) is 5.18. The number of fused-ring (bicyclic) bond motifs is 1. The summed E-state index contributed by atoms with van der Waals surface area (Å²) in [6.45, 7) is 1.96. The fourth-order valence-corrected chi connectivity index (χ4v) is 2.37. The summed E-state index contributed by atoms with van der Waals surface area (Å²) in [7, 11) is 1.40. The van der Waals surface area contributed by atoms with Crippen LogP contribution in [0.2, 0.25) is 0 Å². The molecule has 0 aromatic carbocycles. The van der Waals surface area contributed by atoms with E-state index < -0.39 is 0 Å². The largest absolute Gasteiger partial charge is 0.469 e. The minimum absolute atomic E-state index is 0.107. The molecule has 2 aromatic rings. The SMILES string of the molecule is COC(=O)CC(C)Sc1nnc2ccccn12. The summed E-state index contributed by atoms with van der Waals surface area (Å²) in [4.78, 5) is 11.1. The quantitative estimate of drug-likeness (QED) is 0.612. The molecule has 0 amide bonds. The Bertz CT molecular complexity index is 526. The summed E-state index contributed by atoms with van der Waals surface area (Å²) in [6, 6.07) is 5.73. The van der Waals surface area contributed by atoms with Gasteiger partial charge in [0.15, 0.2) is 10.8 Å². The molecule has 0 bridgehead atoms. The minimum Gasteiger partial charge on any atom is -0.469 e. The smallest absolute Gasteiger partial charge is 0.306 e. The molecule has 0 aliphatic carbocycles. The van der Waals surface area contributed by atoms with Gasteiger partial charge in [0.25, 0.3) is 0 Å². The molecule has 0 fully saturated rings. The van der Waals surface area contributed by atoms with Gasteiger partial charge in [-0.3, -0.25) is 9.20 Å². The van der Waals surface area contributed by atoms with Crippen LogP contribution in [0.4, 0.5) is 0 Å². The Balaban J connectivity index is 2.10. The minimum atomic E-state index is -0.209. The fraction of sp³-hybridized carbons (Fsp3) is 0.364. The maximum atomic E-state index is 11.1. The highest BCUT2D eigenvalue weighted by Gasteiger charge is 2.14. The lowest BCUT2D eigenvalue weighted by Gasteiger charge is -2.07. The second-order valence-corrected chi connectivity index (χ2v) is 5.03. The van der Waals surface area contributed by atoms with E-state index in [1.807, 2.05) is 35.7 Å². The Hall–Kier alpha value is -1.56.